The zero-order valence-corrected chi connectivity index (χ0v) is 19.6. The molecule has 3 aliphatic heterocycles. The van der Waals surface area contributed by atoms with E-state index in [1.54, 1.807) is 0 Å². The van der Waals surface area contributed by atoms with Crippen LogP contribution in [0, 0.1) is 5.41 Å². The van der Waals surface area contributed by atoms with Crippen molar-refractivity contribution in [2.24, 2.45) is 5.41 Å². The van der Waals surface area contributed by atoms with Gasteiger partial charge in [0.25, 0.3) is 0 Å². The van der Waals surface area contributed by atoms with Crippen molar-refractivity contribution in [3.8, 4) is 0 Å². The lowest BCUT2D eigenvalue weighted by Crippen LogP contribution is -2.46. The van der Waals surface area contributed by atoms with Gasteiger partial charge in [0.1, 0.15) is 0 Å². The fraction of sp³-hybridized carbons (Fsp3) is 1.00. The Labute approximate surface area is 174 Å². The highest BCUT2D eigenvalue weighted by Crippen LogP contribution is 2.49. The summed E-state index contributed by atoms with van der Waals surface area (Å²) >= 11 is 21.0. The highest BCUT2D eigenvalue weighted by Gasteiger charge is 2.46. The molecule has 134 valence electrons. The Balaban J connectivity index is 1.66. The van der Waals surface area contributed by atoms with Gasteiger partial charge in [0, 0.05) is 66.2 Å². The summed E-state index contributed by atoms with van der Waals surface area (Å²) in [5.74, 6) is 9.14. The first-order valence-electron chi connectivity index (χ1n) is 8.50. The third-order valence-electron chi connectivity index (χ3n) is 4.76. The van der Waals surface area contributed by atoms with Gasteiger partial charge in [-0.2, -0.15) is 84.1 Å². The van der Waals surface area contributed by atoms with Gasteiger partial charge in [0.2, 0.25) is 0 Å². The molecule has 7 heteroatoms. The molecule has 0 saturated carbocycles. The Morgan fingerprint density at radius 2 is 1.39 bits per heavy atom. The molecule has 3 heterocycles. The predicted octanol–water partition coefficient (Wildman–Crippen LogP) is 5.18. The van der Waals surface area contributed by atoms with Crippen LogP contribution in [0.25, 0.3) is 0 Å². The molecule has 0 spiro atoms. The SMILES string of the molecule is CCSCC(CSCC1CS1)(C(S)CC1CS1)C(S)CC1CS1. The van der Waals surface area contributed by atoms with Gasteiger partial charge in [-0.05, 0) is 18.6 Å². The molecule has 0 amide bonds. The Bertz CT molecular complexity index is 345. The normalized spacial score (nSPS) is 33.8. The second kappa shape index (κ2) is 9.59. The van der Waals surface area contributed by atoms with Crippen molar-refractivity contribution in [2.45, 2.75) is 46.0 Å². The molecule has 0 aromatic rings. The predicted molar refractivity (Wildman–Crippen MR) is 126 cm³/mol. The first kappa shape index (κ1) is 20.2. The largest absolute Gasteiger partial charge is 0.175 e. The summed E-state index contributed by atoms with van der Waals surface area (Å²) in [4.78, 5) is 0. The minimum atomic E-state index is 0.295. The van der Waals surface area contributed by atoms with Crippen molar-refractivity contribution in [3.05, 3.63) is 0 Å². The van der Waals surface area contributed by atoms with Crippen LogP contribution in [-0.2, 0) is 0 Å². The molecule has 0 aliphatic carbocycles. The van der Waals surface area contributed by atoms with Gasteiger partial charge in [0.15, 0.2) is 0 Å². The van der Waals surface area contributed by atoms with Crippen LogP contribution in [-0.4, -0.2) is 66.5 Å². The average molecular weight is 445 g/mol. The highest BCUT2D eigenvalue weighted by atomic mass is 32.2. The van der Waals surface area contributed by atoms with Crippen LogP contribution >= 0.6 is 84.1 Å². The molecule has 3 fully saturated rings. The van der Waals surface area contributed by atoms with Crippen LogP contribution in [0.4, 0.5) is 0 Å². The average Bonchev–Trinajstić information content (AvgIpc) is 3.34. The van der Waals surface area contributed by atoms with Gasteiger partial charge in [-0.15, -0.1) is 0 Å². The topological polar surface area (TPSA) is 0 Å². The summed E-state index contributed by atoms with van der Waals surface area (Å²) in [5.41, 5.74) is 0.295. The molecule has 0 radical (unpaired) electrons. The summed E-state index contributed by atoms with van der Waals surface area (Å²) in [6, 6.07) is 0. The lowest BCUT2D eigenvalue weighted by Gasteiger charge is -2.43. The lowest BCUT2D eigenvalue weighted by molar-refractivity contribution is 0.339. The Hall–Kier alpha value is 2.45. The smallest absolute Gasteiger partial charge is 0.0229 e. The second-order valence-corrected chi connectivity index (χ2v) is 14.3. The van der Waals surface area contributed by atoms with E-state index < -0.39 is 0 Å². The minimum absolute atomic E-state index is 0.295. The fourth-order valence-electron chi connectivity index (χ4n) is 2.86. The first-order chi connectivity index (χ1) is 11.1. The molecule has 5 atom stereocenters. The van der Waals surface area contributed by atoms with Crippen LogP contribution < -0.4 is 0 Å². The zero-order valence-electron chi connectivity index (χ0n) is 13.7. The van der Waals surface area contributed by atoms with Crippen LogP contribution in [0.5, 0.6) is 0 Å². The Morgan fingerprint density at radius 1 is 0.913 bits per heavy atom. The molecule has 23 heavy (non-hydrogen) atoms. The molecule has 3 rings (SSSR count). The zero-order chi connectivity index (χ0) is 16.3. The molecular weight excluding hydrogens is 417 g/mol. The molecule has 3 aliphatic rings. The standard InChI is InChI=1S/C16H28S7/c1-2-19-9-16(10-20-5-13-8-23-13,14(17)3-11-6-21-11)15(18)4-12-7-22-12/h11-15,17-18H,2-10H2,1H3. The summed E-state index contributed by atoms with van der Waals surface area (Å²) in [7, 11) is 0. The molecule has 3 saturated heterocycles. The summed E-state index contributed by atoms with van der Waals surface area (Å²) in [5, 5.41) is 3.71. The van der Waals surface area contributed by atoms with Gasteiger partial charge >= 0.3 is 0 Å². The van der Waals surface area contributed by atoms with Crippen molar-refractivity contribution >= 4 is 84.1 Å². The Morgan fingerprint density at radius 3 is 1.83 bits per heavy atom. The van der Waals surface area contributed by atoms with E-state index in [0.29, 0.717) is 15.9 Å². The monoisotopic (exact) mass is 444 g/mol. The maximum Gasteiger partial charge on any atom is 0.0229 e. The maximum atomic E-state index is 5.18. The fourth-order valence-corrected chi connectivity index (χ4v) is 9.87. The molecular formula is C16H28S7. The highest BCUT2D eigenvalue weighted by molar-refractivity contribution is 8.09. The lowest BCUT2D eigenvalue weighted by atomic mass is 9.80. The summed E-state index contributed by atoms with van der Waals surface area (Å²) in [6.07, 6.45) is 2.57. The van der Waals surface area contributed by atoms with Crippen molar-refractivity contribution < 1.29 is 0 Å². The number of hydrogen-bond acceptors (Lipinski definition) is 7. The Kier molecular flexibility index (Phi) is 8.42. The van der Waals surface area contributed by atoms with Gasteiger partial charge in [-0.3, -0.25) is 0 Å². The van der Waals surface area contributed by atoms with Crippen LogP contribution in [0.2, 0.25) is 0 Å². The summed E-state index contributed by atoms with van der Waals surface area (Å²) < 4.78 is 0. The minimum Gasteiger partial charge on any atom is -0.175 e. The maximum absolute atomic E-state index is 5.18. The van der Waals surface area contributed by atoms with Gasteiger partial charge < -0.3 is 0 Å². The molecule has 0 nitrogen and oxygen atoms in total. The van der Waals surface area contributed by atoms with Gasteiger partial charge in [0.05, 0.1) is 0 Å². The molecule has 0 aromatic carbocycles. The van der Waals surface area contributed by atoms with E-state index in [2.05, 4.69) is 65.7 Å². The van der Waals surface area contributed by atoms with E-state index in [0.717, 1.165) is 15.7 Å². The number of hydrogen-bond donors (Lipinski definition) is 2. The first-order valence-corrected chi connectivity index (χ1v) is 15.0. The number of thiol groups is 2. The summed E-state index contributed by atoms with van der Waals surface area (Å²) in [6.45, 7) is 2.29. The third kappa shape index (κ3) is 6.53. The van der Waals surface area contributed by atoms with Crippen molar-refractivity contribution in [2.75, 3.05) is 40.3 Å². The molecule has 5 unspecified atom stereocenters. The molecule has 0 N–H and O–H groups in total. The molecule has 0 bridgehead atoms. The third-order valence-corrected chi connectivity index (χ3v) is 11.9. The van der Waals surface area contributed by atoms with Crippen molar-refractivity contribution in [1.29, 1.82) is 0 Å². The number of rotatable bonds is 13. The van der Waals surface area contributed by atoms with Crippen molar-refractivity contribution in [3.63, 3.8) is 0 Å². The van der Waals surface area contributed by atoms with E-state index in [1.807, 2.05) is 0 Å². The van der Waals surface area contributed by atoms with Crippen LogP contribution in [0.3, 0.4) is 0 Å². The second-order valence-electron chi connectivity index (χ2n) is 6.75. The van der Waals surface area contributed by atoms with E-state index >= 15 is 0 Å². The van der Waals surface area contributed by atoms with Crippen molar-refractivity contribution in [1.82, 2.24) is 0 Å². The van der Waals surface area contributed by atoms with E-state index in [9.17, 15) is 0 Å². The van der Waals surface area contributed by atoms with Crippen LogP contribution in [0.1, 0.15) is 19.8 Å². The van der Waals surface area contributed by atoms with E-state index in [1.165, 1.54) is 53.1 Å². The quantitative estimate of drug-likeness (QED) is 0.296. The van der Waals surface area contributed by atoms with Gasteiger partial charge in [-0.1, -0.05) is 6.92 Å². The molecule has 0 aromatic heterocycles. The van der Waals surface area contributed by atoms with E-state index in [4.69, 9.17) is 25.3 Å². The van der Waals surface area contributed by atoms with E-state index in [-0.39, 0.29) is 0 Å². The number of thioether (sulfide) groups is 5. The van der Waals surface area contributed by atoms with Gasteiger partial charge in [-0.25, -0.2) is 0 Å². The van der Waals surface area contributed by atoms with Crippen LogP contribution in [0.15, 0.2) is 0 Å².